The summed E-state index contributed by atoms with van der Waals surface area (Å²) < 4.78 is 0. The third kappa shape index (κ3) is 17.2. The van der Waals surface area contributed by atoms with Crippen molar-refractivity contribution in [2.24, 2.45) is 0 Å². The zero-order valence-corrected chi connectivity index (χ0v) is 14.2. The molecule has 0 rings (SSSR count). The van der Waals surface area contributed by atoms with Crippen molar-refractivity contribution in [1.29, 1.82) is 0 Å². The molecule has 0 aliphatic carbocycles. The Balaban J connectivity index is 3.13. The molecule has 0 fully saturated rings. The highest BCUT2D eigenvalue weighted by Crippen LogP contribution is 2.06. The van der Waals surface area contributed by atoms with Crippen LogP contribution in [0.2, 0.25) is 0 Å². The van der Waals surface area contributed by atoms with Crippen LogP contribution in [0.5, 0.6) is 0 Å². The van der Waals surface area contributed by atoms with Crippen molar-refractivity contribution in [3.63, 3.8) is 0 Å². The number of carbonyl (C=O) groups excluding carboxylic acids is 1. The molecule has 2 N–H and O–H groups in total. The molecule has 0 heterocycles. The molecule has 4 heteroatoms. The highest BCUT2D eigenvalue weighted by atomic mass is 16.7. The van der Waals surface area contributed by atoms with Crippen molar-refractivity contribution in [2.75, 3.05) is 13.1 Å². The summed E-state index contributed by atoms with van der Waals surface area (Å²) in [4.78, 5) is 16.3. The normalized spacial score (nSPS) is 10.6. The maximum Gasteiger partial charge on any atom is 0.426 e. The van der Waals surface area contributed by atoms with Gasteiger partial charge in [0.2, 0.25) is 0 Å². The number of amides is 1. The van der Waals surface area contributed by atoms with Gasteiger partial charge in [-0.15, -0.1) is 0 Å². The zero-order valence-electron chi connectivity index (χ0n) is 14.2. The predicted molar refractivity (Wildman–Crippen MR) is 89.2 cm³/mol. The first-order valence-electron chi connectivity index (χ1n) is 8.98. The van der Waals surface area contributed by atoms with Crippen molar-refractivity contribution in [1.82, 2.24) is 10.8 Å². The number of carbonyl (C=O) groups is 1. The molecule has 1 amide bonds. The number of unbranched alkanes of at least 4 members (excludes halogenated alkanes) is 10. The van der Waals surface area contributed by atoms with E-state index in [9.17, 15) is 4.79 Å². The molecule has 0 aromatic rings. The van der Waals surface area contributed by atoms with E-state index in [1.807, 2.05) is 0 Å². The van der Waals surface area contributed by atoms with Gasteiger partial charge >= 0.3 is 6.09 Å². The minimum atomic E-state index is -0.352. The lowest BCUT2D eigenvalue weighted by Crippen LogP contribution is -2.31. The standard InChI is InChI=1S/C17H36N2O2/c1-3-5-7-9-10-12-13-15-18-17(20)21-19-16-14-11-8-6-4-2/h19H,3-16H2,1-2H3,(H,18,20). The van der Waals surface area contributed by atoms with Gasteiger partial charge in [-0.3, -0.25) is 0 Å². The zero-order chi connectivity index (χ0) is 15.6. The van der Waals surface area contributed by atoms with Crippen molar-refractivity contribution < 1.29 is 9.63 Å². The highest BCUT2D eigenvalue weighted by molar-refractivity contribution is 5.66. The SMILES string of the molecule is CCCCCCCCCNC(=O)ONCCCCCCC. The quantitative estimate of drug-likeness (QED) is 0.333. The van der Waals surface area contributed by atoms with E-state index >= 15 is 0 Å². The summed E-state index contributed by atoms with van der Waals surface area (Å²) in [6.07, 6.45) is 14.5. The van der Waals surface area contributed by atoms with E-state index in [0.717, 1.165) is 19.4 Å². The summed E-state index contributed by atoms with van der Waals surface area (Å²) >= 11 is 0. The van der Waals surface area contributed by atoms with Gasteiger partial charge in [0.05, 0.1) is 0 Å². The average molecular weight is 300 g/mol. The summed E-state index contributed by atoms with van der Waals surface area (Å²) in [5.74, 6) is 0. The fourth-order valence-corrected chi connectivity index (χ4v) is 2.23. The molecule has 0 aliphatic heterocycles. The van der Waals surface area contributed by atoms with Crippen LogP contribution < -0.4 is 10.8 Å². The van der Waals surface area contributed by atoms with Crippen LogP contribution in [0.25, 0.3) is 0 Å². The molecule has 0 aromatic carbocycles. The Labute approximate surface area is 131 Å². The minimum absolute atomic E-state index is 0.352. The van der Waals surface area contributed by atoms with E-state index < -0.39 is 0 Å². The minimum Gasteiger partial charge on any atom is -0.354 e. The van der Waals surface area contributed by atoms with Gasteiger partial charge in [-0.1, -0.05) is 78.1 Å². The van der Waals surface area contributed by atoms with Gasteiger partial charge in [0.1, 0.15) is 0 Å². The molecular weight excluding hydrogens is 264 g/mol. The summed E-state index contributed by atoms with van der Waals surface area (Å²) in [5, 5.41) is 2.77. The number of hydroxylamine groups is 1. The van der Waals surface area contributed by atoms with Gasteiger partial charge in [0.25, 0.3) is 0 Å². The van der Waals surface area contributed by atoms with E-state index in [2.05, 4.69) is 24.6 Å². The first-order valence-corrected chi connectivity index (χ1v) is 8.98. The summed E-state index contributed by atoms with van der Waals surface area (Å²) in [5.41, 5.74) is 2.73. The maximum atomic E-state index is 11.4. The van der Waals surface area contributed by atoms with Crippen molar-refractivity contribution in [2.45, 2.75) is 90.9 Å². The molecular formula is C17H36N2O2. The van der Waals surface area contributed by atoms with Gasteiger partial charge in [-0.25, -0.2) is 4.79 Å². The number of rotatable bonds is 15. The Morgan fingerprint density at radius 3 is 1.76 bits per heavy atom. The lowest BCUT2D eigenvalue weighted by molar-refractivity contribution is 0.0888. The average Bonchev–Trinajstić information content (AvgIpc) is 2.49. The third-order valence-electron chi connectivity index (χ3n) is 3.60. The van der Waals surface area contributed by atoms with Crippen molar-refractivity contribution in [3.8, 4) is 0 Å². The van der Waals surface area contributed by atoms with Crippen LogP contribution >= 0.6 is 0 Å². The summed E-state index contributed by atoms with van der Waals surface area (Å²) in [6.45, 7) is 5.89. The fourth-order valence-electron chi connectivity index (χ4n) is 2.23. The Morgan fingerprint density at radius 1 is 0.714 bits per heavy atom. The highest BCUT2D eigenvalue weighted by Gasteiger charge is 2.00. The smallest absolute Gasteiger partial charge is 0.354 e. The van der Waals surface area contributed by atoms with E-state index in [1.54, 1.807) is 0 Å². The molecule has 0 atom stereocenters. The van der Waals surface area contributed by atoms with Crippen molar-refractivity contribution >= 4 is 6.09 Å². The molecule has 0 bridgehead atoms. The Morgan fingerprint density at radius 2 is 1.19 bits per heavy atom. The van der Waals surface area contributed by atoms with Crippen LogP contribution in [0.3, 0.4) is 0 Å². The van der Waals surface area contributed by atoms with Crippen molar-refractivity contribution in [3.05, 3.63) is 0 Å². The maximum absolute atomic E-state index is 11.4. The van der Waals surface area contributed by atoms with E-state index in [-0.39, 0.29) is 6.09 Å². The Bertz CT molecular complexity index is 223. The lowest BCUT2D eigenvalue weighted by Gasteiger charge is -2.07. The first-order chi connectivity index (χ1) is 10.3. The van der Waals surface area contributed by atoms with E-state index in [4.69, 9.17) is 4.84 Å². The van der Waals surface area contributed by atoms with Crippen LogP contribution in [0, 0.1) is 0 Å². The van der Waals surface area contributed by atoms with Gasteiger partial charge in [0, 0.05) is 13.1 Å². The predicted octanol–water partition coefficient (Wildman–Crippen LogP) is 4.94. The van der Waals surface area contributed by atoms with Crippen LogP contribution in [0.15, 0.2) is 0 Å². The fraction of sp³-hybridized carbons (Fsp3) is 0.941. The number of hydrogen-bond acceptors (Lipinski definition) is 3. The molecule has 0 radical (unpaired) electrons. The number of nitrogens with one attached hydrogen (secondary N) is 2. The third-order valence-corrected chi connectivity index (χ3v) is 3.60. The lowest BCUT2D eigenvalue weighted by atomic mass is 10.1. The molecule has 126 valence electrons. The van der Waals surface area contributed by atoms with Gasteiger partial charge in [-0.05, 0) is 12.8 Å². The number of hydrogen-bond donors (Lipinski definition) is 2. The molecule has 0 spiro atoms. The van der Waals surface area contributed by atoms with Crippen LogP contribution in [0.1, 0.15) is 90.9 Å². The van der Waals surface area contributed by atoms with E-state index in [0.29, 0.717) is 6.54 Å². The summed E-state index contributed by atoms with van der Waals surface area (Å²) in [6, 6.07) is 0. The van der Waals surface area contributed by atoms with Gasteiger partial charge in [-0.2, -0.15) is 5.48 Å². The van der Waals surface area contributed by atoms with E-state index in [1.165, 1.54) is 64.2 Å². The molecule has 0 unspecified atom stereocenters. The topological polar surface area (TPSA) is 50.4 Å². The largest absolute Gasteiger partial charge is 0.426 e. The molecule has 0 aromatic heterocycles. The molecule has 0 saturated heterocycles. The molecule has 0 aliphatic rings. The molecule has 4 nitrogen and oxygen atoms in total. The Kier molecular flexibility index (Phi) is 16.6. The van der Waals surface area contributed by atoms with Crippen LogP contribution in [-0.4, -0.2) is 19.2 Å². The first kappa shape index (κ1) is 20.2. The second kappa shape index (κ2) is 17.3. The molecule has 0 saturated carbocycles. The van der Waals surface area contributed by atoms with Crippen LogP contribution in [0.4, 0.5) is 4.79 Å². The Hall–Kier alpha value is -0.770. The molecule has 21 heavy (non-hydrogen) atoms. The summed E-state index contributed by atoms with van der Waals surface area (Å²) in [7, 11) is 0. The second-order valence-corrected chi connectivity index (χ2v) is 5.75. The van der Waals surface area contributed by atoms with Crippen LogP contribution in [-0.2, 0) is 4.84 Å². The second-order valence-electron chi connectivity index (χ2n) is 5.75. The monoisotopic (exact) mass is 300 g/mol. The van der Waals surface area contributed by atoms with Gasteiger partial charge < -0.3 is 10.2 Å². The van der Waals surface area contributed by atoms with Gasteiger partial charge in [0.15, 0.2) is 0 Å².